The van der Waals surface area contributed by atoms with E-state index in [1.54, 1.807) is 0 Å². The van der Waals surface area contributed by atoms with E-state index in [4.69, 9.17) is 0 Å². The Balaban J connectivity index is 2.00. The van der Waals surface area contributed by atoms with Crippen molar-refractivity contribution in [2.24, 2.45) is 5.92 Å². The first kappa shape index (κ1) is 8.53. The standard InChI is InChI=1S/C8H15NO2/c10-7-11-6-3-8-1-4-9-5-2-8/h7-9H,1-6H2. The Morgan fingerprint density at radius 2 is 2.18 bits per heavy atom. The molecule has 0 amide bonds. The zero-order valence-corrected chi connectivity index (χ0v) is 6.71. The van der Waals surface area contributed by atoms with Crippen molar-refractivity contribution in [2.45, 2.75) is 19.3 Å². The van der Waals surface area contributed by atoms with Crippen LogP contribution in [0, 0.1) is 5.92 Å². The van der Waals surface area contributed by atoms with Crippen LogP contribution in [0.15, 0.2) is 0 Å². The first-order valence-corrected chi connectivity index (χ1v) is 4.19. The molecule has 1 N–H and O–H groups in total. The molecule has 1 aliphatic rings. The molecule has 0 radical (unpaired) electrons. The minimum absolute atomic E-state index is 0.529. The largest absolute Gasteiger partial charge is 0.468 e. The van der Waals surface area contributed by atoms with Crippen LogP contribution in [0.1, 0.15) is 19.3 Å². The summed E-state index contributed by atoms with van der Waals surface area (Å²) in [5.41, 5.74) is 0. The summed E-state index contributed by atoms with van der Waals surface area (Å²) >= 11 is 0. The molecule has 1 rings (SSSR count). The molecule has 0 aromatic rings. The third-order valence-electron chi connectivity index (χ3n) is 2.17. The van der Waals surface area contributed by atoms with Gasteiger partial charge in [-0.25, -0.2) is 0 Å². The minimum Gasteiger partial charge on any atom is -0.468 e. The maximum atomic E-state index is 9.81. The Morgan fingerprint density at radius 1 is 1.45 bits per heavy atom. The molecule has 11 heavy (non-hydrogen) atoms. The number of ether oxygens (including phenoxy) is 1. The van der Waals surface area contributed by atoms with Crippen LogP contribution in [0.2, 0.25) is 0 Å². The smallest absolute Gasteiger partial charge is 0.293 e. The van der Waals surface area contributed by atoms with Crippen molar-refractivity contribution in [2.75, 3.05) is 19.7 Å². The van der Waals surface area contributed by atoms with Gasteiger partial charge in [-0.3, -0.25) is 4.79 Å². The molecule has 3 nitrogen and oxygen atoms in total. The number of carbonyl (C=O) groups excluding carboxylic acids is 1. The van der Waals surface area contributed by atoms with Gasteiger partial charge in [-0.2, -0.15) is 0 Å². The van der Waals surface area contributed by atoms with Crippen molar-refractivity contribution in [3.05, 3.63) is 0 Å². The second-order valence-electron chi connectivity index (χ2n) is 2.95. The fourth-order valence-electron chi connectivity index (χ4n) is 1.45. The van der Waals surface area contributed by atoms with Crippen LogP contribution in [0.4, 0.5) is 0 Å². The number of rotatable bonds is 4. The van der Waals surface area contributed by atoms with Crippen LogP contribution in [0.5, 0.6) is 0 Å². The van der Waals surface area contributed by atoms with Crippen LogP contribution in [-0.4, -0.2) is 26.2 Å². The summed E-state index contributed by atoms with van der Waals surface area (Å²) in [4.78, 5) is 9.81. The highest BCUT2D eigenvalue weighted by molar-refractivity contribution is 5.36. The average molecular weight is 157 g/mol. The quantitative estimate of drug-likeness (QED) is 0.478. The molecule has 0 saturated carbocycles. The lowest BCUT2D eigenvalue weighted by molar-refractivity contribution is -0.129. The Bertz CT molecular complexity index is 111. The topological polar surface area (TPSA) is 38.3 Å². The fraction of sp³-hybridized carbons (Fsp3) is 0.875. The molecular weight excluding hydrogens is 142 g/mol. The molecule has 0 atom stereocenters. The summed E-state index contributed by atoms with van der Waals surface area (Å²) in [6.45, 7) is 3.35. The SMILES string of the molecule is O=COCCC1CCNCC1. The van der Waals surface area contributed by atoms with E-state index in [2.05, 4.69) is 10.1 Å². The lowest BCUT2D eigenvalue weighted by atomic mass is 9.95. The summed E-state index contributed by atoms with van der Waals surface area (Å²) < 4.78 is 4.64. The number of piperidine rings is 1. The maximum Gasteiger partial charge on any atom is 0.293 e. The molecule has 0 aliphatic carbocycles. The van der Waals surface area contributed by atoms with E-state index in [1.165, 1.54) is 12.8 Å². The van der Waals surface area contributed by atoms with E-state index in [9.17, 15) is 4.79 Å². The van der Waals surface area contributed by atoms with Crippen LogP contribution >= 0.6 is 0 Å². The van der Waals surface area contributed by atoms with Gasteiger partial charge in [0.25, 0.3) is 6.47 Å². The van der Waals surface area contributed by atoms with Crippen molar-refractivity contribution in [3.8, 4) is 0 Å². The Labute approximate surface area is 67.1 Å². The molecule has 0 aromatic heterocycles. The van der Waals surface area contributed by atoms with Crippen molar-refractivity contribution < 1.29 is 9.53 Å². The number of nitrogens with one attached hydrogen (secondary N) is 1. The summed E-state index contributed by atoms with van der Waals surface area (Å²) in [7, 11) is 0. The van der Waals surface area contributed by atoms with E-state index in [0.29, 0.717) is 13.1 Å². The number of hydrogen-bond acceptors (Lipinski definition) is 3. The van der Waals surface area contributed by atoms with Crippen molar-refractivity contribution in [3.63, 3.8) is 0 Å². The van der Waals surface area contributed by atoms with Crippen molar-refractivity contribution >= 4 is 6.47 Å². The van der Waals surface area contributed by atoms with E-state index >= 15 is 0 Å². The monoisotopic (exact) mass is 157 g/mol. The highest BCUT2D eigenvalue weighted by atomic mass is 16.5. The van der Waals surface area contributed by atoms with Gasteiger partial charge >= 0.3 is 0 Å². The van der Waals surface area contributed by atoms with E-state index in [-0.39, 0.29) is 0 Å². The van der Waals surface area contributed by atoms with Gasteiger partial charge in [-0.15, -0.1) is 0 Å². The molecule has 1 heterocycles. The predicted molar refractivity (Wildman–Crippen MR) is 42.2 cm³/mol. The zero-order chi connectivity index (χ0) is 7.94. The second-order valence-corrected chi connectivity index (χ2v) is 2.95. The molecule has 0 bridgehead atoms. The second kappa shape index (κ2) is 5.13. The van der Waals surface area contributed by atoms with Gasteiger partial charge in [0.15, 0.2) is 0 Å². The van der Waals surface area contributed by atoms with Gasteiger partial charge in [-0.05, 0) is 38.3 Å². The van der Waals surface area contributed by atoms with Crippen molar-refractivity contribution in [1.82, 2.24) is 5.32 Å². The van der Waals surface area contributed by atoms with Gasteiger partial charge in [0.2, 0.25) is 0 Å². The zero-order valence-electron chi connectivity index (χ0n) is 6.71. The van der Waals surface area contributed by atoms with Crippen LogP contribution < -0.4 is 5.32 Å². The molecule has 1 fully saturated rings. The van der Waals surface area contributed by atoms with Gasteiger partial charge in [-0.1, -0.05) is 0 Å². The van der Waals surface area contributed by atoms with E-state index in [1.807, 2.05) is 0 Å². The molecule has 1 aliphatic heterocycles. The van der Waals surface area contributed by atoms with Crippen LogP contribution in [0.25, 0.3) is 0 Å². The van der Waals surface area contributed by atoms with Gasteiger partial charge in [0.1, 0.15) is 0 Å². The van der Waals surface area contributed by atoms with Crippen LogP contribution in [0.3, 0.4) is 0 Å². The molecule has 0 aromatic carbocycles. The maximum absolute atomic E-state index is 9.81. The summed E-state index contributed by atoms with van der Waals surface area (Å²) in [6, 6.07) is 0. The van der Waals surface area contributed by atoms with E-state index in [0.717, 1.165) is 25.4 Å². The summed E-state index contributed by atoms with van der Waals surface area (Å²) in [5, 5.41) is 3.29. The van der Waals surface area contributed by atoms with Gasteiger partial charge in [0, 0.05) is 0 Å². The molecule has 3 heteroatoms. The first-order chi connectivity index (χ1) is 5.43. The molecular formula is C8H15NO2. The van der Waals surface area contributed by atoms with Gasteiger partial charge < -0.3 is 10.1 Å². The third kappa shape index (κ3) is 3.37. The molecule has 1 saturated heterocycles. The van der Waals surface area contributed by atoms with Crippen LogP contribution in [-0.2, 0) is 9.53 Å². The summed E-state index contributed by atoms with van der Waals surface area (Å²) in [5.74, 6) is 0.760. The molecule has 0 spiro atoms. The average Bonchev–Trinajstić information content (AvgIpc) is 2.07. The lowest BCUT2D eigenvalue weighted by Crippen LogP contribution is -2.28. The normalized spacial score (nSPS) is 19.6. The fourth-order valence-corrected chi connectivity index (χ4v) is 1.45. The number of hydrogen-bond donors (Lipinski definition) is 1. The highest BCUT2D eigenvalue weighted by Gasteiger charge is 2.11. The Hall–Kier alpha value is -0.570. The third-order valence-corrected chi connectivity index (χ3v) is 2.17. The number of carbonyl (C=O) groups is 1. The van der Waals surface area contributed by atoms with Crippen molar-refractivity contribution in [1.29, 1.82) is 0 Å². The lowest BCUT2D eigenvalue weighted by Gasteiger charge is -2.21. The minimum atomic E-state index is 0.529. The molecule has 64 valence electrons. The summed E-state index contributed by atoms with van der Waals surface area (Å²) in [6.07, 6.45) is 3.48. The Morgan fingerprint density at radius 3 is 2.82 bits per heavy atom. The van der Waals surface area contributed by atoms with E-state index < -0.39 is 0 Å². The Kier molecular flexibility index (Phi) is 3.98. The predicted octanol–water partition coefficient (Wildman–Crippen LogP) is 0.549. The first-order valence-electron chi connectivity index (χ1n) is 4.19. The van der Waals surface area contributed by atoms with Gasteiger partial charge in [0.05, 0.1) is 6.61 Å². The molecule has 0 unspecified atom stereocenters. The highest BCUT2D eigenvalue weighted by Crippen LogP contribution is 2.15.